The summed E-state index contributed by atoms with van der Waals surface area (Å²) in [5.41, 5.74) is 1.65. The van der Waals surface area contributed by atoms with Crippen LogP contribution in [0, 0.1) is 0 Å². The fourth-order valence-electron chi connectivity index (χ4n) is 4.64. The van der Waals surface area contributed by atoms with Gasteiger partial charge in [-0.25, -0.2) is 13.2 Å². The molecule has 34 heavy (non-hydrogen) atoms. The van der Waals surface area contributed by atoms with Gasteiger partial charge in [0, 0.05) is 49.6 Å². The van der Waals surface area contributed by atoms with Crippen molar-refractivity contribution in [3.8, 4) is 0 Å². The number of rotatable bonds is 7. The standard InChI is InChI=1S/C25H34N4O4S/c1-2-33-25(30)29-18-14-21(15-19-29)26-20-12-16-28(17-13-20)23-10-8-22(9-11-23)27-34(31,32)24-6-4-3-5-7-24/h3-11,20-21,26-27H,2,12-19H2,1H3. The number of piperidine rings is 2. The molecule has 2 saturated heterocycles. The summed E-state index contributed by atoms with van der Waals surface area (Å²) in [4.78, 5) is 16.3. The zero-order chi connectivity index (χ0) is 24.0. The molecule has 2 aromatic rings. The molecule has 2 N–H and O–H groups in total. The Kier molecular flexibility index (Phi) is 7.95. The first-order chi connectivity index (χ1) is 16.4. The zero-order valence-corrected chi connectivity index (χ0v) is 20.5. The second-order valence-electron chi connectivity index (χ2n) is 8.85. The first-order valence-electron chi connectivity index (χ1n) is 12.1. The second-order valence-corrected chi connectivity index (χ2v) is 10.5. The Labute approximate surface area is 202 Å². The molecule has 1 amide bonds. The summed E-state index contributed by atoms with van der Waals surface area (Å²) in [7, 11) is -3.58. The molecular weight excluding hydrogens is 452 g/mol. The van der Waals surface area contributed by atoms with Crippen LogP contribution in [0.15, 0.2) is 59.5 Å². The zero-order valence-electron chi connectivity index (χ0n) is 19.7. The molecule has 4 rings (SSSR count). The van der Waals surface area contributed by atoms with Crippen molar-refractivity contribution >= 4 is 27.5 Å². The van der Waals surface area contributed by atoms with E-state index in [1.54, 1.807) is 35.2 Å². The highest BCUT2D eigenvalue weighted by molar-refractivity contribution is 7.92. The van der Waals surface area contributed by atoms with Gasteiger partial charge in [-0.2, -0.15) is 0 Å². The summed E-state index contributed by atoms with van der Waals surface area (Å²) < 4.78 is 32.8. The van der Waals surface area contributed by atoms with Crippen molar-refractivity contribution in [1.29, 1.82) is 0 Å². The van der Waals surface area contributed by atoms with Gasteiger partial charge in [0.25, 0.3) is 10.0 Å². The third-order valence-corrected chi connectivity index (χ3v) is 7.92. The summed E-state index contributed by atoms with van der Waals surface area (Å²) in [5.74, 6) is 0. The third kappa shape index (κ3) is 6.21. The van der Waals surface area contributed by atoms with Crippen LogP contribution in [0.3, 0.4) is 0 Å². The van der Waals surface area contributed by atoms with E-state index in [-0.39, 0.29) is 11.0 Å². The third-order valence-electron chi connectivity index (χ3n) is 6.53. The number of sulfonamides is 1. The maximum absolute atomic E-state index is 12.5. The molecule has 8 nitrogen and oxygen atoms in total. The minimum Gasteiger partial charge on any atom is -0.450 e. The Morgan fingerprint density at radius 1 is 0.912 bits per heavy atom. The fourth-order valence-corrected chi connectivity index (χ4v) is 5.71. The van der Waals surface area contributed by atoms with Crippen LogP contribution in [0.4, 0.5) is 16.2 Å². The number of carbonyl (C=O) groups is 1. The van der Waals surface area contributed by atoms with Crippen LogP contribution in [-0.4, -0.2) is 64.3 Å². The molecule has 2 heterocycles. The molecule has 0 spiro atoms. The van der Waals surface area contributed by atoms with E-state index in [0.717, 1.165) is 57.5 Å². The van der Waals surface area contributed by atoms with Crippen molar-refractivity contribution in [3.63, 3.8) is 0 Å². The van der Waals surface area contributed by atoms with E-state index in [1.807, 2.05) is 31.2 Å². The average Bonchev–Trinajstić information content (AvgIpc) is 2.86. The Balaban J connectivity index is 1.23. The predicted molar refractivity (Wildman–Crippen MR) is 134 cm³/mol. The number of benzene rings is 2. The van der Waals surface area contributed by atoms with Gasteiger partial charge in [0.2, 0.25) is 0 Å². The number of anilines is 2. The maximum atomic E-state index is 12.5. The fraction of sp³-hybridized carbons (Fsp3) is 0.480. The van der Waals surface area contributed by atoms with Gasteiger partial charge in [-0.05, 0) is 69.0 Å². The smallest absolute Gasteiger partial charge is 0.409 e. The number of hydrogen-bond donors (Lipinski definition) is 2. The summed E-state index contributed by atoms with van der Waals surface area (Å²) in [6.45, 7) is 5.65. The maximum Gasteiger partial charge on any atom is 0.409 e. The van der Waals surface area contributed by atoms with E-state index in [1.165, 1.54) is 0 Å². The predicted octanol–water partition coefficient (Wildman–Crippen LogP) is 3.67. The van der Waals surface area contributed by atoms with Crippen LogP contribution < -0.4 is 14.9 Å². The monoisotopic (exact) mass is 486 g/mol. The molecular formula is C25H34N4O4S. The first-order valence-corrected chi connectivity index (χ1v) is 13.5. The van der Waals surface area contributed by atoms with Crippen molar-refractivity contribution in [2.75, 3.05) is 42.4 Å². The minimum atomic E-state index is -3.58. The Hall–Kier alpha value is -2.78. The lowest BCUT2D eigenvalue weighted by Gasteiger charge is -2.38. The molecule has 0 radical (unpaired) electrons. The van der Waals surface area contributed by atoms with Crippen molar-refractivity contribution in [3.05, 3.63) is 54.6 Å². The number of amides is 1. The topological polar surface area (TPSA) is 91.0 Å². The van der Waals surface area contributed by atoms with Crippen LogP contribution >= 0.6 is 0 Å². The molecule has 0 atom stereocenters. The van der Waals surface area contributed by atoms with Gasteiger partial charge in [-0.3, -0.25) is 4.72 Å². The van der Waals surface area contributed by atoms with Gasteiger partial charge in [-0.15, -0.1) is 0 Å². The van der Waals surface area contributed by atoms with Crippen LogP contribution in [0.5, 0.6) is 0 Å². The highest BCUT2D eigenvalue weighted by atomic mass is 32.2. The van der Waals surface area contributed by atoms with Crippen molar-refractivity contribution in [2.24, 2.45) is 0 Å². The Morgan fingerprint density at radius 2 is 1.50 bits per heavy atom. The van der Waals surface area contributed by atoms with Crippen LogP contribution in [0.2, 0.25) is 0 Å². The number of nitrogens with one attached hydrogen (secondary N) is 2. The molecule has 0 aromatic heterocycles. The van der Waals surface area contributed by atoms with Gasteiger partial charge in [0.05, 0.1) is 11.5 Å². The SMILES string of the molecule is CCOC(=O)N1CCC(NC2CCN(c3ccc(NS(=O)(=O)c4ccccc4)cc3)CC2)CC1. The average molecular weight is 487 g/mol. The van der Waals surface area contributed by atoms with Crippen LogP contribution in [0.1, 0.15) is 32.6 Å². The largest absolute Gasteiger partial charge is 0.450 e. The van der Waals surface area contributed by atoms with Crippen LogP contribution in [0.25, 0.3) is 0 Å². The lowest BCUT2D eigenvalue weighted by molar-refractivity contribution is 0.0938. The summed E-state index contributed by atoms with van der Waals surface area (Å²) in [5, 5.41) is 3.79. The van der Waals surface area contributed by atoms with Crippen molar-refractivity contribution in [2.45, 2.75) is 49.6 Å². The Bertz CT molecular complexity index is 1030. The highest BCUT2D eigenvalue weighted by Gasteiger charge is 2.27. The van der Waals surface area contributed by atoms with E-state index >= 15 is 0 Å². The second kappa shape index (κ2) is 11.1. The van der Waals surface area contributed by atoms with E-state index in [0.29, 0.717) is 24.4 Å². The number of nitrogens with zero attached hydrogens (tertiary/aromatic N) is 2. The quantitative estimate of drug-likeness (QED) is 0.621. The number of carbonyl (C=O) groups excluding carboxylic acids is 1. The van der Waals surface area contributed by atoms with Gasteiger partial charge >= 0.3 is 6.09 Å². The molecule has 2 aliphatic rings. The number of ether oxygens (including phenoxy) is 1. The molecule has 0 unspecified atom stereocenters. The van der Waals surface area contributed by atoms with E-state index in [4.69, 9.17) is 4.74 Å². The van der Waals surface area contributed by atoms with Gasteiger partial charge in [0.15, 0.2) is 0 Å². The van der Waals surface area contributed by atoms with Crippen LogP contribution in [-0.2, 0) is 14.8 Å². The number of hydrogen-bond acceptors (Lipinski definition) is 6. The van der Waals surface area contributed by atoms with Crippen molar-refractivity contribution < 1.29 is 17.9 Å². The summed E-state index contributed by atoms with van der Waals surface area (Å²) >= 11 is 0. The summed E-state index contributed by atoms with van der Waals surface area (Å²) in [6.07, 6.45) is 3.83. The molecule has 9 heteroatoms. The summed E-state index contributed by atoms with van der Waals surface area (Å²) in [6, 6.07) is 16.9. The van der Waals surface area contributed by atoms with Crippen molar-refractivity contribution in [1.82, 2.24) is 10.2 Å². The van der Waals surface area contributed by atoms with Gasteiger partial charge < -0.3 is 19.9 Å². The van der Waals surface area contributed by atoms with E-state index in [2.05, 4.69) is 14.9 Å². The van der Waals surface area contributed by atoms with E-state index < -0.39 is 10.0 Å². The molecule has 184 valence electrons. The number of likely N-dealkylation sites (tertiary alicyclic amines) is 1. The molecule has 2 fully saturated rings. The lowest BCUT2D eigenvalue weighted by Crippen LogP contribution is -2.50. The first kappa shape index (κ1) is 24.3. The van der Waals surface area contributed by atoms with Gasteiger partial charge in [-0.1, -0.05) is 18.2 Å². The molecule has 2 aromatic carbocycles. The normalized spacial score (nSPS) is 18.0. The minimum absolute atomic E-state index is 0.201. The Morgan fingerprint density at radius 3 is 2.09 bits per heavy atom. The van der Waals surface area contributed by atoms with E-state index in [9.17, 15) is 13.2 Å². The highest BCUT2D eigenvalue weighted by Crippen LogP contribution is 2.24. The van der Waals surface area contributed by atoms with Gasteiger partial charge in [0.1, 0.15) is 0 Å². The molecule has 0 saturated carbocycles. The molecule has 2 aliphatic heterocycles. The molecule has 0 aliphatic carbocycles. The molecule has 0 bridgehead atoms. The lowest BCUT2D eigenvalue weighted by atomic mass is 9.99.